The van der Waals surface area contributed by atoms with Crippen LogP contribution in [0, 0.1) is 0 Å². The van der Waals surface area contributed by atoms with Crippen LogP contribution < -0.4 is 0 Å². The second-order valence-corrected chi connectivity index (χ2v) is 6.89. The molecule has 6 heteroatoms. The van der Waals surface area contributed by atoms with Gasteiger partial charge in [-0.05, 0) is 30.7 Å². The lowest BCUT2D eigenvalue weighted by Crippen LogP contribution is -2.52. The molecule has 1 atom stereocenters. The summed E-state index contributed by atoms with van der Waals surface area (Å²) in [5, 5.41) is 0. The largest absolute Gasteiger partial charge is 0.364 e. The number of rotatable bonds is 5. The van der Waals surface area contributed by atoms with Crippen molar-refractivity contribution >= 4 is 5.91 Å². The molecule has 1 unspecified atom stereocenters. The van der Waals surface area contributed by atoms with Crippen LogP contribution >= 0.6 is 0 Å². The third kappa shape index (κ3) is 3.75. The molecule has 25 heavy (non-hydrogen) atoms. The molecule has 0 spiro atoms. The summed E-state index contributed by atoms with van der Waals surface area (Å²) in [7, 11) is 0. The van der Waals surface area contributed by atoms with Crippen LogP contribution in [-0.2, 0) is 17.9 Å². The maximum atomic E-state index is 12.8. The zero-order valence-electron chi connectivity index (χ0n) is 14.5. The first kappa shape index (κ1) is 16.3. The Labute approximate surface area is 148 Å². The van der Waals surface area contributed by atoms with E-state index in [9.17, 15) is 4.79 Å². The van der Waals surface area contributed by atoms with Crippen molar-refractivity contribution in [2.75, 3.05) is 32.7 Å². The van der Waals surface area contributed by atoms with Gasteiger partial charge >= 0.3 is 0 Å². The van der Waals surface area contributed by atoms with E-state index in [-0.39, 0.29) is 11.9 Å². The lowest BCUT2D eigenvalue weighted by Gasteiger charge is -2.37. The molecule has 0 aliphatic carbocycles. The van der Waals surface area contributed by atoms with Crippen molar-refractivity contribution < 1.29 is 4.79 Å². The first-order valence-electron chi connectivity index (χ1n) is 9.07. The predicted molar refractivity (Wildman–Crippen MR) is 95.7 cm³/mol. The number of pyridine rings is 1. The second-order valence-electron chi connectivity index (χ2n) is 6.89. The molecule has 2 saturated heterocycles. The highest BCUT2D eigenvalue weighted by molar-refractivity contribution is 5.84. The Kier molecular flexibility index (Phi) is 4.81. The van der Waals surface area contributed by atoms with Crippen LogP contribution in [0.2, 0.25) is 0 Å². The van der Waals surface area contributed by atoms with Gasteiger partial charge in [0, 0.05) is 57.4 Å². The summed E-state index contributed by atoms with van der Waals surface area (Å²) in [6.45, 7) is 6.39. The molecule has 0 aromatic carbocycles. The van der Waals surface area contributed by atoms with E-state index in [1.54, 1.807) is 6.20 Å². The average molecular weight is 339 g/mol. The van der Waals surface area contributed by atoms with Gasteiger partial charge in [-0.1, -0.05) is 6.07 Å². The number of hydrogen-bond acceptors (Lipinski definition) is 4. The third-order valence-corrected chi connectivity index (χ3v) is 5.25. The quantitative estimate of drug-likeness (QED) is 0.893. The summed E-state index contributed by atoms with van der Waals surface area (Å²) in [6, 6.07) is 10.1. The van der Waals surface area contributed by atoms with Crippen molar-refractivity contribution in [1.82, 2.24) is 24.7 Å². The number of carbonyl (C=O) groups is 1. The first-order valence-corrected chi connectivity index (χ1v) is 9.07. The SMILES string of the molecule is O=C1C(N2CCN(Cc3ccc[nH]3)CC2)CCN1Cc1ccccn1. The van der Waals surface area contributed by atoms with Gasteiger partial charge in [0.1, 0.15) is 0 Å². The highest BCUT2D eigenvalue weighted by atomic mass is 16.2. The van der Waals surface area contributed by atoms with E-state index in [4.69, 9.17) is 0 Å². The van der Waals surface area contributed by atoms with Crippen LogP contribution in [-0.4, -0.2) is 69.3 Å². The van der Waals surface area contributed by atoms with E-state index in [1.165, 1.54) is 5.69 Å². The maximum Gasteiger partial charge on any atom is 0.240 e. The summed E-state index contributed by atoms with van der Waals surface area (Å²) in [4.78, 5) is 27.2. The Morgan fingerprint density at radius 3 is 2.64 bits per heavy atom. The van der Waals surface area contributed by atoms with E-state index in [0.717, 1.165) is 51.4 Å². The number of nitrogens with zero attached hydrogens (tertiary/aromatic N) is 4. The van der Waals surface area contributed by atoms with Gasteiger partial charge in [-0.2, -0.15) is 0 Å². The molecule has 2 aromatic rings. The minimum atomic E-state index is 0.0522. The summed E-state index contributed by atoms with van der Waals surface area (Å²) >= 11 is 0. The molecule has 2 aliphatic heterocycles. The van der Waals surface area contributed by atoms with Gasteiger partial charge in [-0.25, -0.2) is 0 Å². The zero-order chi connectivity index (χ0) is 17.1. The zero-order valence-corrected chi connectivity index (χ0v) is 14.5. The third-order valence-electron chi connectivity index (χ3n) is 5.25. The molecule has 0 radical (unpaired) electrons. The van der Waals surface area contributed by atoms with Crippen molar-refractivity contribution in [2.45, 2.75) is 25.6 Å². The van der Waals surface area contributed by atoms with Crippen LogP contribution in [0.1, 0.15) is 17.8 Å². The Morgan fingerprint density at radius 1 is 1.04 bits per heavy atom. The summed E-state index contributed by atoms with van der Waals surface area (Å²) in [5.41, 5.74) is 2.22. The number of likely N-dealkylation sites (tertiary alicyclic amines) is 1. The van der Waals surface area contributed by atoms with Crippen molar-refractivity contribution in [3.05, 3.63) is 54.1 Å². The molecule has 2 fully saturated rings. The van der Waals surface area contributed by atoms with Gasteiger partial charge in [0.2, 0.25) is 5.91 Å². The monoisotopic (exact) mass is 339 g/mol. The number of piperazine rings is 1. The minimum Gasteiger partial charge on any atom is -0.364 e. The molecule has 132 valence electrons. The highest BCUT2D eigenvalue weighted by Crippen LogP contribution is 2.21. The van der Waals surface area contributed by atoms with E-state index in [1.807, 2.05) is 35.4 Å². The molecule has 1 amide bonds. The van der Waals surface area contributed by atoms with Gasteiger partial charge in [-0.15, -0.1) is 0 Å². The number of amides is 1. The molecule has 1 N–H and O–H groups in total. The molecule has 0 bridgehead atoms. The fraction of sp³-hybridized carbons (Fsp3) is 0.474. The topological polar surface area (TPSA) is 55.5 Å². The first-order chi connectivity index (χ1) is 12.3. The van der Waals surface area contributed by atoms with E-state index < -0.39 is 0 Å². The summed E-state index contributed by atoms with van der Waals surface area (Å²) in [5.74, 6) is 0.267. The van der Waals surface area contributed by atoms with Crippen LogP contribution in [0.25, 0.3) is 0 Å². The number of carbonyl (C=O) groups excluding carboxylic acids is 1. The van der Waals surface area contributed by atoms with E-state index >= 15 is 0 Å². The minimum absolute atomic E-state index is 0.0522. The fourth-order valence-corrected chi connectivity index (χ4v) is 3.85. The van der Waals surface area contributed by atoms with Crippen molar-refractivity contribution in [3.63, 3.8) is 0 Å². The Bertz CT molecular complexity index is 679. The van der Waals surface area contributed by atoms with Crippen molar-refractivity contribution in [2.24, 2.45) is 0 Å². The Balaban J connectivity index is 1.29. The molecule has 2 aliphatic rings. The summed E-state index contributed by atoms with van der Waals surface area (Å²) < 4.78 is 0. The Morgan fingerprint density at radius 2 is 1.92 bits per heavy atom. The van der Waals surface area contributed by atoms with Gasteiger partial charge in [-0.3, -0.25) is 19.6 Å². The van der Waals surface area contributed by atoms with Crippen molar-refractivity contribution in [3.8, 4) is 0 Å². The average Bonchev–Trinajstić information content (AvgIpc) is 3.28. The van der Waals surface area contributed by atoms with Gasteiger partial charge in [0.05, 0.1) is 18.3 Å². The van der Waals surface area contributed by atoms with Gasteiger partial charge in [0.15, 0.2) is 0 Å². The summed E-state index contributed by atoms with van der Waals surface area (Å²) in [6.07, 6.45) is 4.69. The predicted octanol–water partition coefficient (Wildman–Crippen LogP) is 1.33. The lowest BCUT2D eigenvalue weighted by molar-refractivity contribution is -0.133. The fourth-order valence-electron chi connectivity index (χ4n) is 3.85. The molecular weight excluding hydrogens is 314 g/mol. The molecule has 4 heterocycles. The number of nitrogens with one attached hydrogen (secondary N) is 1. The number of aromatic nitrogens is 2. The van der Waals surface area contributed by atoms with Crippen LogP contribution in [0.3, 0.4) is 0 Å². The second kappa shape index (κ2) is 7.37. The maximum absolute atomic E-state index is 12.8. The normalized spacial score (nSPS) is 22.6. The molecule has 4 rings (SSSR count). The number of hydrogen-bond donors (Lipinski definition) is 1. The van der Waals surface area contributed by atoms with Crippen LogP contribution in [0.4, 0.5) is 0 Å². The van der Waals surface area contributed by atoms with Crippen molar-refractivity contribution in [1.29, 1.82) is 0 Å². The Hall–Kier alpha value is -2.18. The smallest absolute Gasteiger partial charge is 0.240 e. The van der Waals surface area contributed by atoms with Crippen LogP contribution in [0.5, 0.6) is 0 Å². The number of aromatic amines is 1. The molecule has 2 aromatic heterocycles. The van der Waals surface area contributed by atoms with Gasteiger partial charge < -0.3 is 9.88 Å². The van der Waals surface area contributed by atoms with Crippen LogP contribution in [0.15, 0.2) is 42.7 Å². The van der Waals surface area contributed by atoms with Gasteiger partial charge in [0.25, 0.3) is 0 Å². The van der Waals surface area contributed by atoms with E-state index in [0.29, 0.717) is 6.54 Å². The standard InChI is InChI=1S/C19H25N5O/c25-19-18(6-9-24(19)15-17-4-1-2-7-20-17)23-12-10-22(11-13-23)14-16-5-3-8-21-16/h1-5,7-8,18,21H,6,9-15H2. The molecular formula is C19H25N5O. The molecule has 0 saturated carbocycles. The molecule has 6 nitrogen and oxygen atoms in total. The van der Waals surface area contributed by atoms with E-state index in [2.05, 4.69) is 25.8 Å². The number of H-pyrrole nitrogens is 1. The lowest BCUT2D eigenvalue weighted by atomic mass is 10.1. The highest BCUT2D eigenvalue weighted by Gasteiger charge is 2.37.